The van der Waals surface area contributed by atoms with Gasteiger partial charge in [-0.25, -0.2) is 4.39 Å². The molecule has 19 heavy (non-hydrogen) atoms. The molecule has 2 aromatic rings. The minimum atomic E-state index is -0.643. The van der Waals surface area contributed by atoms with E-state index < -0.39 is 16.6 Å². The molecule has 0 N–H and O–H groups in total. The normalized spacial score (nSPS) is 10.5. The van der Waals surface area contributed by atoms with Crippen molar-refractivity contribution in [1.82, 2.24) is 9.55 Å². The van der Waals surface area contributed by atoms with Crippen molar-refractivity contribution in [1.29, 1.82) is 0 Å². The summed E-state index contributed by atoms with van der Waals surface area (Å²) in [6.45, 7) is 1.61. The summed E-state index contributed by atoms with van der Waals surface area (Å²) in [4.78, 5) is 14.0. The number of aromatic nitrogens is 2. The van der Waals surface area contributed by atoms with E-state index in [0.717, 1.165) is 6.07 Å². The molecule has 0 saturated heterocycles. The molecule has 0 amide bonds. The topological polar surface area (TPSA) is 70.2 Å². The van der Waals surface area contributed by atoms with Gasteiger partial charge in [-0.05, 0) is 38.0 Å². The van der Waals surface area contributed by atoms with Gasteiger partial charge >= 0.3 is 11.7 Å². The minimum absolute atomic E-state index is 0.0474. The predicted molar refractivity (Wildman–Crippen MR) is 68.8 cm³/mol. The molecule has 8 heteroatoms. The number of hydrogen-bond acceptors (Lipinski definition) is 4. The third-order valence-corrected chi connectivity index (χ3v) is 3.18. The quantitative estimate of drug-likeness (QED) is 0.639. The fraction of sp³-hybridized carbons (Fsp3) is 0.182. The third-order valence-electron chi connectivity index (χ3n) is 2.52. The maximum absolute atomic E-state index is 13.2. The van der Waals surface area contributed by atoms with Crippen molar-refractivity contribution in [3.05, 3.63) is 44.4 Å². The van der Waals surface area contributed by atoms with E-state index in [1.54, 1.807) is 14.0 Å². The van der Waals surface area contributed by atoms with Crippen LogP contribution in [0.3, 0.4) is 0 Å². The lowest BCUT2D eigenvalue weighted by Gasteiger charge is -2.07. The van der Waals surface area contributed by atoms with Crippen LogP contribution >= 0.6 is 15.9 Å². The van der Waals surface area contributed by atoms with Gasteiger partial charge in [0, 0.05) is 20.0 Å². The van der Waals surface area contributed by atoms with Crippen molar-refractivity contribution in [3.8, 4) is 11.6 Å². The van der Waals surface area contributed by atoms with Gasteiger partial charge in [-0.1, -0.05) is 0 Å². The van der Waals surface area contributed by atoms with Crippen LogP contribution < -0.4 is 4.74 Å². The van der Waals surface area contributed by atoms with Crippen molar-refractivity contribution in [2.24, 2.45) is 7.05 Å². The smallest absolute Gasteiger partial charge is 0.427 e. The summed E-state index contributed by atoms with van der Waals surface area (Å²) in [6.07, 6.45) is 0. The van der Waals surface area contributed by atoms with Crippen LogP contribution in [-0.4, -0.2) is 14.5 Å². The highest BCUT2D eigenvalue weighted by Crippen LogP contribution is 2.35. The zero-order valence-electron chi connectivity index (χ0n) is 10.1. The van der Waals surface area contributed by atoms with Crippen LogP contribution in [0.5, 0.6) is 11.6 Å². The summed E-state index contributed by atoms with van der Waals surface area (Å²) < 4.78 is 20.5. The van der Waals surface area contributed by atoms with Crippen LogP contribution in [0.25, 0.3) is 0 Å². The molecule has 0 unspecified atom stereocenters. The monoisotopic (exact) mass is 329 g/mol. The molecule has 1 aromatic heterocycles. The molecule has 0 radical (unpaired) electrons. The van der Waals surface area contributed by atoms with Crippen LogP contribution in [-0.2, 0) is 7.05 Å². The van der Waals surface area contributed by atoms with Crippen LogP contribution in [0.1, 0.15) is 5.82 Å². The van der Waals surface area contributed by atoms with Gasteiger partial charge in [0.25, 0.3) is 0 Å². The van der Waals surface area contributed by atoms with E-state index in [1.807, 2.05) is 0 Å². The Morgan fingerprint density at radius 2 is 2.21 bits per heavy atom. The summed E-state index contributed by atoms with van der Waals surface area (Å²) in [5, 5.41) is 10.9. The number of hydrogen-bond donors (Lipinski definition) is 0. The largest absolute Gasteiger partial charge is 0.432 e. The number of benzene rings is 1. The first-order valence-electron chi connectivity index (χ1n) is 5.20. The van der Waals surface area contributed by atoms with Gasteiger partial charge in [0.1, 0.15) is 11.6 Å². The Hall–Kier alpha value is -1.96. The highest BCUT2D eigenvalue weighted by atomic mass is 79.9. The van der Waals surface area contributed by atoms with Crippen LogP contribution in [0, 0.1) is 22.9 Å². The highest BCUT2D eigenvalue weighted by Gasteiger charge is 2.26. The average molecular weight is 330 g/mol. The third kappa shape index (κ3) is 2.58. The first kappa shape index (κ1) is 13.5. The lowest BCUT2D eigenvalue weighted by Crippen LogP contribution is -1.98. The molecule has 0 aliphatic heterocycles. The molecule has 0 aliphatic carbocycles. The van der Waals surface area contributed by atoms with Crippen molar-refractivity contribution in [3.63, 3.8) is 0 Å². The van der Waals surface area contributed by atoms with E-state index in [9.17, 15) is 14.5 Å². The molecule has 100 valence electrons. The Bertz CT molecular complexity index is 657. The van der Waals surface area contributed by atoms with Crippen molar-refractivity contribution >= 4 is 21.7 Å². The van der Waals surface area contributed by atoms with Gasteiger partial charge < -0.3 is 14.9 Å². The Labute approximate surface area is 116 Å². The summed E-state index contributed by atoms with van der Waals surface area (Å²) in [7, 11) is 1.58. The Morgan fingerprint density at radius 3 is 2.84 bits per heavy atom. The first-order chi connectivity index (χ1) is 8.90. The number of halogens is 2. The van der Waals surface area contributed by atoms with Gasteiger partial charge in [-0.15, -0.1) is 0 Å². The standard InChI is InChI=1S/C11H9BrFN3O3/c1-6-14-10(16(17)18)11(15(6)2)19-9-5-7(13)3-4-8(9)12/h3-5H,1-2H3. The fourth-order valence-electron chi connectivity index (χ4n) is 1.47. The molecular weight excluding hydrogens is 321 g/mol. The zero-order valence-corrected chi connectivity index (χ0v) is 11.6. The van der Waals surface area contributed by atoms with E-state index in [4.69, 9.17) is 4.74 Å². The number of ether oxygens (including phenoxy) is 1. The maximum Gasteiger partial charge on any atom is 0.427 e. The van der Waals surface area contributed by atoms with Crippen molar-refractivity contribution < 1.29 is 14.1 Å². The Morgan fingerprint density at radius 1 is 1.53 bits per heavy atom. The van der Waals surface area contributed by atoms with Crippen LogP contribution in [0.4, 0.5) is 10.2 Å². The van der Waals surface area contributed by atoms with Crippen LogP contribution in [0.2, 0.25) is 0 Å². The van der Waals surface area contributed by atoms with Crippen molar-refractivity contribution in [2.45, 2.75) is 6.92 Å². The number of aryl methyl sites for hydroxylation is 1. The second kappa shape index (κ2) is 4.96. The summed E-state index contributed by atoms with van der Waals surface area (Å²) >= 11 is 3.19. The zero-order chi connectivity index (χ0) is 14.2. The Balaban J connectivity index is 2.48. The minimum Gasteiger partial charge on any atom is -0.432 e. The van der Waals surface area contributed by atoms with Crippen LogP contribution in [0.15, 0.2) is 22.7 Å². The maximum atomic E-state index is 13.2. The second-order valence-corrected chi connectivity index (χ2v) is 4.64. The average Bonchev–Trinajstić information content (AvgIpc) is 2.62. The molecule has 0 bridgehead atoms. The fourth-order valence-corrected chi connectivity index (χ4v) is 1.79. The molecule has 1 aromatic carbocycles. The molecule has 0 atom stereocenters. The van der Waals surface area contributed by atoms with Gasteiger partial charge in [0.05, 0.1) is 4.47 Å². The molecule has 0 aliphatic rings. The predicted octanol–water partition coefficient (Wildman–Crippen LogP) is 3.33. The van der Waals surface area contributed by atoms with E-state index in [2.05, 4.69) is 20.9 Å². The lowest BCUT2D eigenvalue weighted by molar-refractivity contribution is -0.390. The molecule has 0 saturated carbocycles. The van der Waals surface area contributed by atoms with Gasteiger partial charge in [0.2, 0.25) is 5.82 Å². The molecule has 0 fully saturated rings. The molecule has 6 nitrogen and oxygen atoms in total. The van der Waals surface area contributed by atoms with E-state index in [0.29, 0.717) is 10.3 Å². The molecule has 2 rings (SSSR count). The number of nitrogens with zero attached hydrogens (tertiary/aromatic N) is 3. The Kier molecular flexibility index (Phi) is 3.52. The first-order valence-corrected chi connectivity index (χ1v) is 6.00. The van der Waals surface area contributed by atoms with E-state index in [-0.39, 0.29) is 11.6 Å². The SMILES string of the molecule is Cc1nc([N+](=O)[O-])c(Oc2cc(F)ccc2Br)n1C. The molecule has 0 spiro atoms. The van der Waals surface area contributed by atoms with E-state index in [1.165, 1.54) is 16.7 Å². The lowest BCUT2D eigenvalue weighted by atomic mass is 10.3. The van der Waals surface area contributed by atoms with Crippen molar-refractivity contribution in [2.75, 3.05) is 0 Å². The second-order valence-electron chi connectivity index (χ2n) is 3.78. The molecule has 1 heterocycles. The number of rotatable bonds is 3. The van der Waals surface area contributed by atoms with Gasteiger partial charge in [0.15, 0.2) is 0 Å². The summed E-state index contributed by atoms with van der Waals surface area (Å²) in [5.41, 5.74) is 0. The van der Waals surface area contributed by atoms with E-state index >= 15 is 0 Å². The highest BCUT2D eigenvalue weighted by molar-refractivity contribution is 9.10. The van der Waals surface area contributed by atoms with Gasteiger partial charge in [-0.3, -0.25) is 4.57 Å². The molecular formula is C11H9BrFN3O3. The number of nitro groups is 1. The number of imidazole rings is 1. The van der Waals surface area contributed by atoms with Gasteiger partial charge in [-0.2, -0.15) is 0 Å². The summed E-state index contributed by atoms with van der Waals surface area (Å²) in [5.74, 6) is -0.384. The summed E-state index contributed by atoms with van der Waals surface area (Å²) in [6, 6.07) is 3.84.